The van der Waals surface area contributed by atoms with Gasteiger partial charge in [0.2, 0.25) is 11.8 Å². The number of nitrogens with one attached hydrogen (secondary N) is 1. The normalized spacial score (nSPS) is 12.1. The maximum atomic E-state index is 13.0. The first-order chi connectivity index (χ1) is 12.6. The number of rotatable bonds is 7. The quantitative estimate of drug-likeness (QED) is 0.629. The van der Waals surface area contributed by atoms with Crippen molar-refractivity contribution in [2.75, 3.05) is 11.9 Å². The van der Waals surface area contributed by atoms with Gasteiger partial charge in [-0.3, -0.25) is 0 Å². The van der Waals surface area contributed by atoms with Crippen molar-refractivity contribution in [3.05, 3.63) is 41.6 Å². The maximum absolute atomic E-state index is 13.0. The van der Waals surface area contributed by atoms with Crippen LogP contribution in [-0.2, 0) is 12.6 Å². The van der Waals surface area contributed by atoms with Crippen LogP contribution in [-0.4, -0.2) is 22.8 Å². The Morgan fingerprint density at radius 2 is 1.78 bits per heavy atom. The molecule has 0 saturated heterocycles. The van der Waals surface area contributed by atoms with Gasteiger partial charge in [-0.05, 0) is 24.5 Å². The maximum Gasteiger partial charge on any atom is 0.423 e. The first-order valence-electron chi connectivity index (χ1n) is 8.09. The number of anilines is 2. The largest absolute Gasteiger partial charge is 0.467 e. The minimum atomic E-state index is -4.95. The van der Waals surface area contributed by atoms with Crippen molar-refractivity contribution in [3.8, 4) is 5.88 Å². The standard InChI is InChI=1S/C17H17F6N3O/c1-2-3-6-11-7-4-5-8-13(11)25-15-24-9-12(17(21,22)23)14(26-15)27-10-16(18,19)20/h4-5,7-9H,2-3,6,10H2,1H3,(H,24,25,26). The first kappa shape index (κ1) is 20.8. The number of hydrogen-bond donors (Lipinski definition) is 1. The van der Waals surface area contributed by atoms with E-state index in [9.17, 15) is 26.3 Å². The summed E-state index contributed by atoms with van der Waals surface area (Å²) in [6.45, 7) is 0.124. The van der Waals surface area contributed by atoms with Crippen LogP contribution in [0.15, 0.2) is 30.5 Å². The average Bonchev–Trinajstić information content (AvgIpc) is 2.58. The predicted octanol–water partition coefficient (Wildman–Crippen LogP) is 5.52. The molecule has 0 atom stereocenters. The average molecular weight is 393 g/mol. The summed E-state index contributed by atoms with van der Waals surface area (Å²) in [4.78, 5) is 7.06. The zero-order chi connectivity index (χ0) is 20.1. The summed E-state index contributed by atoms with van der Waals surface area (Å²) in [5.41, 5.74) is -0.0235. The van der Waals surface area contributed by atoms with Gasteiger partial charge >= 0.3 is 12.4 Å². The highest BCUT2D eigenvalue weighted by Crippen LogP contribution is 2.36. The Labute approximate surface area is 151 Å². The highest BCUT2D eigenvalue weighted by molar-refractivity contribution is 5.59. The molecule has 10 heteroatoms. The number of ether oxygens (including phenoxy) is 1. The summed E-state index contributed by atoms with van der Waals surface area (Å²) in [7, 11) is 0. The van der Waals surface area contributed by atoms with Crippen LogP contribution < -0.4 is 10.1 Å². The lowest BCUT2D eigenvalue weighted by Gasteiger charge is -2.16. The van der Waals surface area contributed by atoms with Gasteiger partial charge in [0, 0.05) is 11.9 Å². The summed E-state index contributed by atoms with van der Waals surface area (Å²) in [5, 5.41) is 2.75. The number of aromatic nitrogens is 2. The molecule has 1 heterocycles. The molecule has 1 aromatic carbocycles. The van der Waals surface area contributed by atoms with Crippen LogP contribution in [0.1, 0.15) is 30.9 Å². The Kier molecular flexibility index (Phi) is 6.50. The second kappa shape index (κ2) is 8.45. The minimum absolute atomic E-state index is 0.288. The van der Waals surface area contributed by atoms with E-state index in [-0.39, 0.29) is 5.95 Å². The van der Waals surface area contributed by atoms with E-state index >= 15 is 0 Å². The van der Waals surface area contributed by atoms with E-state index in [1.165, 1.54) is 0 Å². The zero-order valence-corrected chi connectivity index (χ0v) is 14.3. The number of aryl methyl sites for hydroxylation is 1. The Morgan fingerprint density at radius 1 is 1.07 bits per heavy atom. The molecule has 0 aliphatic carbocycles. The number of unbranched alkanes of at least 4 members (excludes halogenated alkanes) is 1. The third kappa shape index (κ3) is 6.30. The fraction of sp³-hybridized carbons (Fsp3) is 0.412. The monoisotopic (exact) mass is 393 g/mol. The van der Waals surface area contributed by atoms with E-state index in [1.54, 1.807) is 12.1 Å². The van der Waals surface area contributed by atoms with Crippen molar-refractivity contribution in [3.63, 3.8) is 0 Å². The molecule has 2 rings (SSSR count). The fourth-order valence-electron chi connectivity index (χ4n) is 2.23. The van der Waals surface area contributed by atoms with E-state index < -0.39 is 30.4 Å². The molecule has 0 aliphatic heterocycles. The molecule has 1 N–H and O–H groups in total. The Bertz CT molecular complexity index is 761. The van der Waals surface area contributed by atoms with Crippen molar-refractivity contribution in [1.82, 2.24) is 9.97 Å². The number of hydrogen-bond acceptors (Lipinski definition) is 4. The number of alkyl halides is 6. The van der Waals surface area contributed by atoms with E-state index in [4.69, 9.17) is 0 Å². The molecule has 148 valence electrons. The smallest absolute Gasteiger partial charge is 0.423 e. The molecule has 1 aromatic heterocycles. The van der Waals surface area contributed by atoms with E-state index in [0.29, 0.717) is 11.9 Å². The third-order valence-electron chi connectivity index (χ3n) is 3.50. The lowest BCUT2D eigenvalue weighted by atomic mass is 10.1. The third-order valence-corrected chi connectivity index (χ3v) is 3.50. The van der Waals surface area contributed by atoms with Crippen molar-refractivity contribution < 1.29 is 31.1 Å². The van der Waals surface area contributed by atoms with Crippen LogP contribution in [0.5, 0.6) is 5.88 Å². The SMILES string of the molecule is CCCCc1ccccc1Nc1ncc(C(F)(F)F)c(OCC(F)(F)F)n1. The van der Waals surface area contributed by atoms with Crippen molar-refractivity contribution in [2.45, 2.75) is 38.5 Å². The van der Waals surface area contributed by atoms with Crippen molar-refractivity contribution in [1.29, 1.82) is 0 Å². The molecule has 0 aliphatic rings. The minimum Gasteiger partial charge on any atom is -0.467 e. The summed E-state index contributed by atoms with van der Waals surface area (Å²) in [6.07, 6.45) is -6.78. The van der Waals surface area contributed by atoms with Crippen molar-refractivity contribution in [2.24, 2.45) is 0 Å². The molecule has 0 radical (unpaired) electrons. The van der Waals surface area contributed by atoms with Crippen molar-refractivity contribution >= 4 is 11.6 Å². The van der Waals surface area contributed by atoms with Crippen LogP contribution in [0, 0.1) is 0 Å². The van der Waals surface area contributed by atoms with Gasteiger partial charge in [-0.15, -0.1) is 0 Å². The molecule has 0 bridgehead atoms. The number of halogens is 6. The number of nitrogens with zero attached hydrogens (tertiary/aromatic N) is 2. The van der Waals surface area contributed by atoms with Gasteiger partial charge in [-0.1, -0.05) is 31.5 Å². The van der Waals surface area contributed by atoms with Crippen LogP contribution in [0.3, 0.4) is 0 Å². The van der Waals surface area contributed by atoms with Crippen LogP contribution in [0.2, 0.25) is 0 Å². The Morgan fingerprint density at radius 3 is 2.41 bits per heavy atom. The van der Waals surface area contributed by atoms with Gasteiger partial charge < -0.3 is 10.1 Å². The number of benzene rings is 1. The van der Waals surface area contributed by atoms with Crippen LogP contribution in [0.25, 0.3) is 0 Å². The molecular formula is C17H17F6N3O. The first-order valence-corrected chi connectivity index (χ1v) is 8.09. The molecule has 27 heavy (non-hydrogen) atoms. The van der Waals surface area contributed by atoms with Crippen LogP contribution in [0.4, 0.5) is 38.0 Å². The molecule has 0 saturated carbocycles. The molecule has 0 unspecified atom stereocenters. The molecule has 4 nitrogen and oxygen atoms in total. The Hall–Kier alpha value is -2.52. The van der Waals surface area contributed by atoms with Gasteiger partial charge in [0.15, 0.2) is 6.61 Å². The van der Waals surface area contributed by atoms with Gasteiger partial charge in [-0.2, -0.15) is 31.3 Å². The van der Waals surface area contributed by atoms with E-state index in [0.717, 1.165) is 24.8 Å². The van der Waals surface area contributed by atoms with Crippen LogP contribution >= 0.6 is 0 Å². The summed E-state index contributed by atoms with van der Waals surface area (Å²) >= 11 is 0. The molecule has 2 aromatic rings. The summed E-state index contributed by atoms with van der Waals surface area (Å²) < 4.78 is 80.1. The molecular weight excluding hydrogens is 376 g/mol. The van der Waals surface area contributed by atoms with Gasteiger partial charge in [0.05, 0.1) is 0 Å². The molecule has 0 fully saturated rings. The second-order valence-electron chi connectivity index (χ2n) is 5.70. The van der Waals surface area contributed by atoms with E-state index in [1.807, 2.05) is 19.1 Å². The van der Waals surface area contributed by atoms with Gasteiger partial charge in [0.1, 0.15) is 5.56 Å². The highest BCUT2D eigenvalue weighted by Gasteiger charge is 2.38. The molecule has 0 spiro atoms. The lowest BCUT2D eigenvalue weighted by molar-refractivity contribution is -0.159. The van der Waals surface area contributed by atoms with E-state index in [2.05, 4.69) is 20.0 Å². The Balaban J connectivity index is 2.30. The zero-order valence-electron chi connectivity index (χ0n) is 14.3. The fourth-order valence-corrected chi connectivity index (χ4v) is 2.23. The lowest BCUT2D eigenvalue weighted by Crippen LogP contribution is -2.22. The van der Waals surface area contributed by atoms with Gasteiger partial charge in [-0.25, -0.2) is 4.98 Å². The second-order valence-corrected chi connectivity index (χ2v) is 5.70. The summed E-state index contributed by atoms with van der Waals surface area (Å²) in [6, 6.07) is 7.04. The predicted molar refractivity (Wildman–Crippen MR) is 86.9 cm³/mol. The van der Waals surface area contributed by atoms with Gasteiger partial charge in [0.25, 0.3) is 0 Å². The number of para-hydroxylation sites is 1. The topological polar surface area (TPSA) is 47.0 Å². The molecule has 0 amide bonds. The highest BCUT2D eigenvalue weighted by atomic mass is 19.4. The summed E-state index contributed by atoms with van der Waals surface area (Å²) in [5.74, 6) is -1.47.